The van der Waals surface area contributed by atoms with Crippen molar-refractivity contribution in [2.24, 2.45) is 0 Å². The van der Waals surface area contributed by atoms with Gasteiger partial charge in [-0.2, -0.15) is 0 Å². The van der Waals surface area contributed by atoms with Crippen molar-refractivity contribution in [2.75, 3.05) is 54.1 Å². The van der Waals surface area contributed by atoms with Crippen LogP contribution in [0.25, 0.3) is 0 Å². The molecule has 0 radical (unpaired) electrons. The molecule has 9 heteroatoms. The molecule has 0 rings (SSSR count). The van der Waals surface area contributed by atoms with Crippen LogP contribution in [0.3, 0.4) is 0 Å². The zero-order chi connectivity index (χ0) is 32.1. The Morgan fingerprint density at radius 1 is 0.628 bits per heavy atom. The second kappa shape index (κ2) is 28.9. The van der Waals surface area contributed by atoms with Gasteiger partial charge in [-0.3, -0.25) is 9.36 Å². The molecule has 0 amide bonds. The molecule has 0 fully saturated rings. The first-order chi connectivity index (χ1) is 20.6. The Morgan fingerprint density at radius 3 is 1.53 bits per heavy atom. The molecule has 0 saturated heterocycles. The highest BCUT2D eigenvalue weighted by Gasteiger charge is 2.20. The number of esters is 1. The minimum absolute atomic E-state index is 0.0306. The van der Waals surface area contributed by atoms with Crippen LogP contribution in [0.1, 0.15) is 155 Å². The highest BCUT2D eigenvalue weighted by molar-refractivity contribution is 7.45. The number of carbonyl (C=O) groups is 1. The average Bonchev–Trinajstić information content (AvgIpc) is 2.94. The summed E-state index contributed by atoms with van der Waals surface area (Å²) >= 11 is 0. The van der Waals surface area contributed by atoms with Gasteiger partial charge in [-0.05, 0) is 12.8 Å². The van der Waals surface area contributed by atoms with Crippen molar-refractivity contribution >= 4 is 13.8 Å². The number of rotatable bonds is 33. The van der Waals surface area contributed by atoms with Crippen molar-refractivity contribution in [1.29, 1.82) is 0 Å². The van der Waals surface area contributed by atoms with Crippen molar-refractivity contribution in [3.05, 3.63) is 0 Å². The normalized spacial score (nSPS) is 14.1. The van der Waals surface area contributed by atoms with E-state index in [1.165, 1.54) is 103 Å². The summed E-state index contributed by atoms with van der Waals surface area (Å²) in [6.45, 7) is 5.40. The first kappa shape index (κ1) is 42.5. The molecule has 258 valence electrons. The van der Waals surface area contributed by atoms with Gasteiger partial charge < -0.3 is 27.9 Å². The second-order valence-corrected chi connectivity index (χ2v) is 14.7. The van der Waals surface area contributed by atoms with Crippen molar-refractivity contribution in [1.82, 2.24) is 0 Å². The highest BCUT2D eigenvalue weighted by Crippen LogP contribution is 2.38. The fraction of sp³-hybridized carbons (Fsp3) is 0.971. The third kappa shape index (κ3) is 32.7. The zero-order valence-corrected chi connectivity index (χ0v) is 29.8. The van der Waals surface area contributed by atoms with E-state index in [1.54, 1.807) is 0 Å². The van der Waals surface area contributed by atoms with Gasteiger partial charge in [-0.1, -0.05) is 136 Å². The lowest BCUT2D eigenvalue weighted by Crippen LogP contribution is -2.37. The van der Waals surface area contributed by atoms with E-state index in [1.807, 2.05) is 21.1 Å². The Bertz CT molecular complexity index is 672. The number of carbonyl (C=O) groups excluding carboxylic acids is 1. The van der Waals surface area contributed by atoms with Crippen molar-refractivity contribution in [2.45, 2.75) is 161 Å². The zero-order valence-electron chi connectivity index (χ0n) is 28.9. The Labute approximate surface area is 266 Å². The number of phosphoric acid groups is 1. The number of quaternary nitrogens is 1. The largest absolute Gasteiger partial charge is 0.756 e. The van der Waals surface area contributed by atoms with Crippen molar-refractivity contribution in [3.63, 3.8) is 0 Å². The Balaban J connectivity index is 4.30. The maximum absolute atomic E-state index is 12.5. The second-order valence-electron chi connectivity index (χ2n) is 13.2. The molecule has 0 aliphatic rings. The van der Waals surface area contributed by atoms with Crippen LogP contribution in [0, 0.1) is 0 Å². The summed E-state index contributed by atoms with van der Waals surface area (Å²) in [5, 5.41) is 0. The minimum atomic E-state index is -4.50. The summed E-state index contributed by atoms with van der Waals surface area (Å²) in [5.41, 5.74) is 0. The molecule has 0 aliphatic carbocycles. The molecule has 0 N–H and O–H groups in total. The predicted octanol–water partition coefficient (Wildman–Crippen LogP) is 8.74. The van der Waals surface area contributed by atoms with E-state index in [-0.39, 0.29) is 25.8 Å². The van der Waals surface area contributed by atoms with Crippen LogP contribution in [-0.2, 0) is 27.9 Å². The maximum atomic E-state index is 12.5. The van der Waals surface area contributed by atoms with Crippen LogP contribution in [-0.4, -0.2) is 70.7 Å². The van der Waals surface area contributed by atoms with E-state index in [0.717, 1.165) is 32.1 Å². The summed E-state index contributed by atoms with van der Waals surface area (Å²) in [5.74, 6) is -0.336. The fourth-order valence-corrected chi connectivity index (χ4v) is 5.57. The maximum Gasteiger partial charge on any atom is 0.306 e. The van der Waals surface area contributed by atoms with E-state index in [9.17, 15) is 14.3 Å². The quantitative estimate of drug-likeness (QED) is 0.0308. The van der Waals surface area contributed by atoms with Gasteiger partial charge in [0.05, 0.1) is 34.4 Å². The van der Waals surface area contributed by atoms with Gasteiger partial charge in [-0.15, -0.1) is 0 Å². The Kier molecular flexibility index (Phi) is 28.6. The van der Waals surface area contributed by atoms with E-state index in [4.69, 9.17) is 18.5 Å². The van der Waals surface area contributed by atoms with E-state index < -0.39 is 13.9 Å². The van der Waals surface area contributed by atoms with E-state index in [2.05, 4.69) is 13.8 Å². The highest BCUT2D eigenvalue weighted by atomic mass is 31.2. The monoisotopic (exact) mass is 635 g/mol. The van der Waals surface area contributed by atoms with Crippen LogP contribution in [0.5, 0.6) is 0 Å². The number of phosphoric ester groups is 1. The molecule has 0 aromatic carbocycles. The van der Waals surface area contributed by atoms with Crippen LogP contribution in [0.15, 0.2) is 0 Å². The molecule has 0 heterocycles. The van der Waals surface area contributed by atoms with E-state index >= 15 is 0 Å². The summed E-state index contributed by atoms with van der Waals surface area (Å²) in [4.78, 5) is 24.8. The summed E-state index contributed by atoms with van der Waals surface area (Å²) in [6.07, 6.45) is 25.3. The lowest BCUT2D eigenvalue weighted by molar-refractivity contribution is -0.870. The van der Waals surface area contributed by atoms with Gasteiger partial charge >= 0.3 is 5.97 Å². The number of unbranched alkanes of at least 4 members (excludes halogenated alkanes) is 19. The Morgan fingerprint density at radius 2 is 1.07 bits per heavy atom. The summed E-state index contributed by atoms with van der Waals surface area (Å²) in [6, 6.07) is 0. The predicted molar refractivity (Wildman–Crippen MR) is 176 cm³/mol. The number of hydrogen-bond acceptors (Lipinski definition) is 7. The molecule has 0 saturated carbocycles. The molecule has 0 spiro atoms. The molecule has 0 aromatic heterocycles. The van der Waals surface area contributed by atoms with Gasteiger partial charge in [-0.25, -0.2) is 0 Å². The van der Waals surface area contributed by atoms with Crippen LogP contribution < -0.4 is 4.89 Å². The topological polar surface area (TPSA) is 94.1 Å². The first-order valence-corrected chi connectivity index (χ1v) is 19.2. The molecule has 2 atom stereocenters. The van der Waals surface area contributed by atoms with Crippen molar-refractivity contribution < 1.29 is 37.3 Å². The number of likely N-dealkylation sites (N-methyl/N-ethyl adjacent to an activating group) is 1. The smallest absolute Gasteiger partial charge is 0.306 e. The minimum Gasteiger partial charge on any atom is -0.756 e. The van der Waals surface area contributed by atoms with Crippen LogP contribution in [0.2, 0.25) is 0 Å². The third-order valence-corrected chi connectivity index (χ3v) is 8.62. The molecule has 2 unspecified atom stereocenters. The molecular weight excluding hydrogens is 565 g/mol. The van der Waals surface area contributed by atoms with Crippen LogP contribution in [0.4, 0.5) is 0 Å². The number of ether oxygens (including phenoxy) is 2. The molecule has 43 heavy (non-hydrogen) atoms. The van der Waals surface area contributed by atoms with Crippen molar-refractivity contribution in [3.8, 4) is 0 Å². The van der Waals surface area contributed by atoms with Gasteiger partial charge in [0.25, 0.3) is 7.82 Å². The van der Waals surface area contributed by atoms with Crippen LogP contribution >= 0.6 is 7.82 Å². The number of nitrogens with zero attached hydrogens (tertiary/aromatic N) is 1. The third-order valence-electron chi connectivity index (χ3n) is 7.66. The fourth-order valence-electron chi connectivity index (χ4n) is 4.84. The molecule has 0 aliphatic heterocycles. The molecule has 0 aromatic rings. The lowest BCUT2D eigenvalue weighted by Gasteiger charge is -2.28. The first-order valence-electron chi connectivity index (χ1n) is 17.8. The van der Waals surface area contributed by atoms with E-state index in [0.29, 0.717) is 24.1 Å². The Hall–Kier alpha value is -0.500. The molecular formula is C34H70NO7P. The summed E-state index contributed by atoms with van der Waals surface area (Å²) in [7, 11) is 1.37. The molecule has 0 bridgehead atoms. The average molecular weight is 636 g/mol. The van der Waals surface area contributed by atoms with Gasteiger partial charge in [0.1, 0.15) is 19.3 Å². The molecule has 8 nitrogen and oxygen atoms in total. The lowest BCUT2D eigenvalue weighted by atomic mass is 10.1. The summed E-state index contributed by atoms with van der Waals surface area (Å²) < 4.78 is 34.3. The van der Waals surface area contributed by atoms with Gasteiger partial charge in [0, 0.05) is 13.0 Å². The van der Waals surface area contributed by atoms with Gasteiger partial charge in [0.15, 0.2) is 0 Å². The standard InChI is InChI=1S/C34H70NO7P/c1-6-8-10-12-14-16-17-18-20-22-24-26-29-39-31-33(32-41-43(37,38)40-30-28-35(3,4)5)42-34(36)27-25-23-21-19-15-13-11-9-7-2/h33H,6-32H2,1-5H3. The van der Waals surface area contributed by atoms with Gasteiger partial charge in [0.2, 0.25) is 0 Å². The number of hydrogen-bond donors (Lipinski definition) is 0. The SMILES string of the molecule is CCCCCCCCCCCCCCOCC(COP(=O)([O-])OCC[N+](C)(C)C)OC(=O)CCCCCCCCCCC.